The van der Waals surface area contributed by atoms with Crippen molar-refractivity contribution in [2.45, 2.75) is 165 Å². The first-order valence-electron chi connectivity index (χ1n) is 42.4. The highest BCUT2D eigenvalue weighted by atomic mass is 16.5. The SMILES string of the molecule is CC(C)c1cccc(C(C)C)c1-c1cnc2c3cc(=O)ccc3c3[nH]cccc3n12.CC(C)c1cccc(C(C)C)c1-c1cnc2c3cc(Oc4ccc5c(c4)c4ncc(-c6c(C(C)C)cccc6C(C)C)n4c4cccnc54)ccc3c3ccccc3n12.Cc1ccc2c3ccccc3n3c(-c4c(C(C)C)cccc4C(C)C)cnc3c2c1. The van der Waals surface area contributed by atoms with E-state index in [1.165, 1.54) is 105 Å². The Balaban J connectivity index is 0.000000136. The zero-order valence-electron chi connectivity index (χ0n) is 71.2. The van der Waals surface area contributed by atoms with Crippen LogP contribution in [0.1, 0.15) is 208 Å². The second-order valence-electron chi connectivity index (χ2n) is 34.8. The first kappa shape index (κ1) is 77.2. The normalized spacial score (nSPS) is 12.2. The predicted octanol–water partition coefficient (Wildman–Crippen LogP) is 28.7. The Morgan fingerprint density at radius 3 is 1.04 bits per heavy atom. The first-order chi connectivity index (χ1) is 57.5. The molecule has 10 aromatic heterocycles. The van der Waals surface area contributed by atoms with E-state index in [0.29, 0.717) is 47.3 Å². The average molecular weight is 1560 g/mol. The number of fused-ring (bicyclic) bond motifs is 24. The summed E-state index contributed by atoms with van der Waals surface area (Å²) in [7, 11) is 0. The third-order valence-corrected chi connectivity index (χ3v) is 24.4. The lowest BCUT2D eigenvalue weighted by Crippen LogP contribution is -2.03. The quantitative estimate of drug-likeness (QED) is 0.108. The molecule has 592 valence electrons. The lowest BCUT2D eigenvalue weighted by Gasteiger charge is -2.20. The molecule has 0 saturated carbocycles. The second kappa shape index (κ2) is 30.8. The van der Waals surface area contributed by atoms with Gasteiger partial charge in [0.1, 0.15) is 34.1 Å². The van der Waals surface area contributed by atoms with Crippen LogP contribution < -0.4 is 10.2 Å². The maximum Gasteiger partial charge on any atom is 0.179 e. The zero-order valence-corrected chi connectivity index (χ0v) is 71.2. The van der Waals surface area contributed by atoms with Crippen molar-refractivity contribution < 1.29 is 4.74 Å². The van der Waals surface area contributed by atoms with Gasteiger partial charge in [-0.05, 0) is 207 Å². The molecule has 0 aliphatic rings. The number of imidazole rings is 4. The summed E-state index contributed by atoms with van der Waals surface area (Å²) in [6, 6.07) is 77.1. The maximum absolute atomic E-state index is 12.2. The van der Waals surface area contributed by atoms with E-state index >= 15 is 0 Å². The molecule has 0 amide bonds. The lowest BCUT2D eigenvalue weighted by molar-refractivity contribution is 0.484. The van der Waals surface area contributed by atoms with Crippen molar-refractivity contribution in [3.63, 3.8) is 0 Å². The number of aromatic nitrogens is 10. The summed E-state index contributed by atoms with van der Waals surface area (Å²) in [5.74, 6) is 4.56. The summed E-state index contributed by atoms with van der Waals surface area (Å²) in [5, 5.41) is 11.0. The molecule has 0 radical (unpaired) electrons. The highest BCUT2D eigenvalue weighted by Gasteiger charge is 2.28. The van der Waals surface area contributed by atoms with Crippen molar-refractivity contribution in [2.24, 2.45) is 0 Å². The van der Waals surface area contributed by atoms with Gasteiger partial charge in [-0.25, -0.2) is 19.9 Å². The number of ether oxygens (including phenoxy) is 1. The molecule has 1 N–H and O–H groups in total. The van der Waals surface area contributed by atoms with Crippen LogP contribution >= 0.6 is 0 Å². The number of nitrogens with one attached hydrogen (secondary N) is 1. The van der Waals surface area contributed by atoms with Gasteiger partial charge in [-0.2, -0.15) is 0 Å². The average Bonchev–Trinajstić information content (AvgIpc) is 1.65. The summed E-state index contributed by atoms with van der Waals surface area (Å²) in [4.78, 5) is 40.7. The fourth-order valence-electron chi connectivity index (χ4n) is 18.8. The van der Waals surface area contributed by atoms with Crippen LogP contribution in [0.2, 0.25) is 0 Å². The zero-order chi connectivity index (χ0) is 82.7. The van der Waals surface area contributed by atoms with Crippen LogP contribution in [0.5, 0.6) is 11.5 Å². The molecule has 0 spiro atoms. The van der Waals surface area contributed by atoms with Crippen LogP contribution in [0.25, 0.3) is 155 Å². The molecule has 20 aromatic rings. The number of nitrogens with zero attached hydrogens (tertiary/aromatic N) is 9. The van der Waals surface area contributed by atoms with Gasteiger partial charge in [-0.1, -0.05) is 238 Å². The molecule has 12 heteroatoms. The molecule has 0 unspecified atom stereocenters. The third-order valence-electron chi connectivity index (χ3n) is 24.4. The molecular weight excluding hydrogens is 1460 g/mol. The second-order valence-corrected chi connectivity index (χ2v) is 34.8. The van der Waals surface area contributed by atoms with Crippen LogP contribution in [0, 0.1) is 6.92 Å². The van der Waals surface area contributed by atoms with Crippen LogP contribution in [-0.4, -0.2) is 47.5 Å². The van der Waals surface area contributed by atoms with E-state index in [2.05, 4.69) is 335 Å². The van der Waals surface area contributed by atoms with Crippen LogP contribution in [0.3, 0.4) is 0 Å². The fourth-order valence-corrected chi connectivity index (χ4v) is 18.8. The lowest BCUT2D eigenvalue weighted by atomic mass is 9.87. The van der Waals surface area contributed by atoms with Gasteiger partial charge in [0, 0.05) is 77.7 Å². The highest BCUT2D eigenvalue weighted by molar-refractivity contribution is 6.16. The third kappa shape index (κ3) is 13.1. The number of hydrogen-bond acceptors (Lipinski definition) is 7. The summed E-state index contributed by atoms with van der Waals surface area (Å²) in [5.41, 5.74) is 31.6. The van der Waals surface area contributed by atoms with Crippen molar-refractivity contribution in [3.8, 4) is 56.5 Å². The number of H-pyrrole nitrogens is 1. The van der Waals surface area contributed by atoms with Gasteiger partial charge in [0.25, 0.3) is 0 Å². The van der Waals surface area contributed by atoms with Crippen molar-refractivity contribution in [3.05, 3.63) is 316 Å². The van der Waals surface area contributed by atoms with E-state index in [0.717, 1.165) is 111 Å². The predicted molar refractivity (Wildman–Crippen MR) is 498 cm³/mol. The number of aromatic amines is 1. The van der Waals surface area contributed by atoms with E-state index < -0.39 is 0 Å². The summed E-state index contributed by atoms with van der Waals surface area (Å²) in [6.07, 6.45) is 12.0. The molecule has 10 heterocycles. The Bertz CT molecular complexity index is 7160. The molecule has 20 rings (SSSR count). The molecule has 0 saturated heterocycles. The van der Waals surface area contributed by atoms with E-state index in [1.54, 1.807) is 12.1 Å². The van der Waals surface area contributed by atoms with Gasteiger partial charge >= 0.3 is 0 Å². The van der Waals surface area contributed by atoms with E-state index in [4.69, 9.17) is 29.7 Å². The summed E-state index contributed by atoms with van der Waals surface area (Å²) < 4.78 is 16.1. The molecule has 12 nitrogen and oxygen atoms in total. The van der Waals surface area contributed by atoms with E-state index in [1.807, 2.05) is 49.1 Å². The smallest absolute Gasteiger partial charge is 0.179 e. The van der Waals surface area contributed by atoms with Crippen LogP contribution in [0.4, 0.5) is 0 Å². The van der Waals surface area contributed by atoms with E-state index in [9.17, 15) is 4.79 Å². The number of para-hydroxylation sites is 2. The minimum Gasteiger partial charge on any atom is -0.457 e. The summed E-state index contributed by atoms with van der Waals surface area (Å²) >= 11 is 0. The fraction of sp³-hybridized carbons (Fsp3) is 0.234. The van der Waals surface area contributed by atoms with Crippen molar-refractivity contribution >= 4 is 110 Å². The van der Waals surface area contributed by atoms with Gasteiger partial charge in [0.2, 0.25) is 0 Å². The van der Waals surface area contributed by atoms with Crippen LogP contribution in [0.15, 0.2) is 260 Å². The molecule has 10 aromatic carbocycles. The minimum absolute atomic E-state index is 0.00492. The number of benzene rings is 10. The van der Waals surface area contributed by atoms with Crippen molar-refractivity contribution in [2.75, 3.05) is 0 Å². The Labute approximate surface area is 694 Å². The molecule has 0 aliphatic carbocycles. The topological polar surface area (TPSA) is 124 Å². The van der Waals surface area contributed by atoms with Gasteiger partial charge in [0.15, 0.2) is 5.43 Å². The Morgan fingerprint density at radius 1 is 0.286 bits per heavy atom. The molecule has 0 aliphatic heterocycles. The molecule has 0 bridgehead atoms. The molecule has 119 heavy (non-hydrogen) atoms. The van der Waals surface area contributed by atoms with Gasteiger partial charge in [0.05, 0.1) is 80.7 Å². The highest BCUT2D eigenvalue weighted by Crippen LogP contribution is 2.47. The van der Waals surface area contributed by atoms with Crippen LogP contribution in [-0.2, 0) is 0 Å². The largest absolute Gasteiger partial charge is 0.457 e. The van der Waals surface area contributed by atoms with E-state index in [-0.39, 0.29) is 5.43 Å². The van der Waals surface area contributed by atoms with Gasteiger partial charge in [-0.3, -0.25) is 27.4 Å². The summed E-state index contributed by atoms with van der Waals surface area (Å²) in [6.45, 7) is 38.4. The van der Waals surface area contributed by atoms with Crippen molar-refractivity contribution in [1.29, 1.82) is 0 Å². The number of rotatable bonds is 14. The first-order valence-corrected chi connectivity index (χ1v) is 42.4. The Kier molecular flexibility index (Phi) is 20.0. The number of pyridine rings is 6. The molecular formula is C107H102N10O2. The monoisotopic (exact) mass is 1560 g/mol. The Morgan fingerprint density at radius 2 is 0.622 bits per heavy atom. The number of aryl methyl sites for hydroxylation is 1. The maximum atomic E-state index is 12.2. The molecule has 0 fully saturated rings. The van der Waals surface area contributed by atoms with Gasteiger partial charge < -0.3 is 9.72 Å². The van der Waals surface area contributed by atoms with Gasteiger partial charge in [-0.15, -0.1) is 0 Å². The minimum atomic E-state index is -0.00492. The molecule has 0 atom stereocenters. The Hall–Kier alpha value is -13.1. The van der Waals surface area contributed by atoms with Crippen molar-refractivity contribution in [1.82, 2.24) is 47.5 Å². The number of hydrogen-bond donors (Lipinski definition) is 1. The standard InChI is InChI=1S/C53H49N5O.C28H28N2.C26H25N3O/c1-30(2)36-15-11-16-37(31(3)4)49(36)47-28-55-52-43-26-34(21-23-40(43)41-14-9-10-19-45(41)57(47)52)59-35-22-24-42-44(27-35)53-56-29-48(58(53)46-20-13-25-54-51(42)46)50-38(32(5)6)17-12-18-39(50)33(7)8;1-17(2)20-10-8-11-21(18(3)4)27(20)26-16-29-28-24-15-19(5)13-14-22(24)23-9-6-7-12-25(23)30(26)28;1-15(2)18-7-5-8-19(16(3)4)24(18)23-14-28-26-21-13-17(30)10-11-20(21)25-22(29(23)26)9-6-12-27-25/h9-33H,1-8H3;6-18H,1-5H3;5-16,27H,1-4H3.